The first-order valence-electron chi connectivity index (χ1n) is 10.7. The van der Waals surface area contributed by atoms with Crippen molar-refractivity contribution in [2.24, 2.45) is 5.92 Å². The third-order valence-electron chi connectivity index (χ3n) is 6.62. The summed E-state index contributed by atoms with van der Waals surface area (Å²) in [6, 6.07) is 10.3. The SMILES string of the molecule is C=C1C(=O)O[C@@H]2[C@H]3O[C@]3(C)CC/C=C(/Cn3cc(Cc4ccccc4)nn3)CC[C@@H]12. The third-order valence-corrected chi connectivity index (χ3v) is 6.62. The van der Waals surface area contributed by atoms with Gasteiger partial charge in [-0.2, -0.15) is 0 Å². The van der Waals surface area contributed by atoms with Gasteiger partial charge < -0.3 is 9.47 Å². The van der Waals surface area contributed by atoms with Crippen LogP contribution in [0.25, 0.3) is 0 Å². The first kappa shape index (κ1) is 19.2. The highest BCUT2D eigenvalue weighted by Gasteiger charge is 2.61. The normalized spacial score (nSPS) is 32.6. The molecular weight excluding hydrogens is 378 g/mol. The fourth-order valence-corrected chi connectivity index (χ4v) is 4.77. The zero-order valence-electron chi connectivity index (χ0n) is 17.3. The molecule has 1 aliphatic carbocycles. The van der Waals surface area contributed by atoms with Crippen molar-refractivity contribution < 1.29 is 14.3 Å². The van der Waals surface area contributed by atoms with Gasteiger partial charge in [0.05, 0.1) is 17.8 Å². The van der Waals surface area contributed by atoms with E-state index in [9.17, 15) is 4.79 Å². The van der Waals surface area contributed by atoms with Crippen LogP contribution in [0.4, 0.5) is 0 Å². The van der Waals surface area contributed by atoms with E-state index >= 15 is 0 Å². The molecule has 156 valence electrons. The molecule has 0 unspecified atom stereocenters. The van der Waals surface area contributed by atoms with Gasteiger partial charge in [0, 0.05) is 24.1 Å². The van der Waals surface area contributed by atoms with Crippen LogP contribution in [-0.2, 0) is 27.2 Å². The molecule has 0 N–H and O–H groups in total. The lowest BCUT2D eigenvalue weighted by molar-refractivity contribution is -0.140. The summed E-state index contributed by atoms with van der Waals surface area (Å²) >= 11 is 0. The number of esters is 1. The van der Waals surface area contributed by atoms with Crippen molar-refractivity contribution in [3.63, 3.8) is 0 Å². The zero-order valence-corrected chi connectivity index (χ0v) is 17.3. The van der Waals surface area contributed by atoms with Crippen LogP contribution in [0.2, 0.25) is 0 Å². The van der Waals surface area contributed by atoms with Crippen LogP contribution in [-0.4, -0.2) is 38.8 Å². The van der Waals surface area contributed by atoms with Crippen LogP contribution in [0.15, 0.2) is 60.3 Å². The van der Waals surface area contributed by atoms with E-state index in [2.05, 4.69) is 42.0 Å². The second kappa shape index (κ2) is 7.51. The van der Waals surface area contributed by atoms with E-state index in [4.69, 9.17) is 9.47 Å². The summed E-state index contributed by atoms with van der Waals surface area (Å²) in [6.45, 7) is 6.82. The molecule has 0 spiro atoms. The lowest BCUT2D eigenvalue weighted by Gasteiger charge is -2.20. The van der Waals surface area contributed by atoms with Gasteiger partial charge in [0.25, 0.3) is 0 Å². The number of allylic oxidation sites excluding steroid dienone is 2. The van der Waals surface area contributed by atoms with Crippen molar-refractivity contribution in [3.05, 3.63) is 71.6 Å². The van der Waals surface area contributed by atoms with Gasteiger partial charge in [-0.1, -0.05) is 53.8 Å². The van der Waals surface area contributed by atoms with Gasteiger partial charge in [0.2, 0.25) is 0 Å². The number of nitrogens with zero attached hydrogens (tertiary/aromatic N) is 3. The van der Waals surface area contributed by atoms with Gasteiger partial charge in [0.1, 0.15) is 12.2 Å². The fraction of sp³-hybridized carbons (Fsp3) is 0.458. The maximum atomic E-state index is 12.1. The standard InChI is InChI=1S/C24H27N3O3/c1-16-20-11-10-18(9-6-12-24(2)22(30-24)21(20)29-23(16)28)14-27-15-19(25-26-27)13-17-7-4-3-5-8-17/h3-5,7-9,15,20-22H,1,6,10-14H2,2H3/b18-9+/t20-,21-,22+,24+/m0/s1. The summed E-state index contributed by atoms with van der Waals surface area (Å²) in [5, 5.41) is 8.68. The zero-order chi connectivity index (χ0) is 20.7. The number of carbonyl (C=O) groups is 1. The molecule has 0 amide bonds. The molecule has 4 atom stereocenters. The molecule has 3 aliphatic rings. The average Bonchev–Trinajstić information content (AvgIpc) is 3.05. The lowest BCUT2D eigenvalue weighted by atomic mass is 9.84. The molecule has 6 heteroatoms. The predicted octanol–water partition coefficient (Wildman–Crippen LogP) is 3.62. The number of aromatic nitrogens is 3. The topological polar surface area (TPSA) is 69.5 Å². The van der Waals surface area contributed by atoms with Crippen LogP contribution in [0.5, 0.6) is 0 Å². The molecule has 1 aromatic carbocycles. The number of epoxide rings is 1. The summed E-state index contributed by atoms with van der Waals surface area (Å²) in [5.41, 5.74) is 3.88. The second-order valence-electron chi connectivity index (χ2n) is 8.86. The van der Waals surface area contributed by atoms with Crippen LogP contribution in [0.1, 0.15) is 43.9 Å². The van der Waals surface area contributed by atoms with Crippen molar-refractivity contribution in [3.8, 4) is 0 Å². The highest BCUT2D eigenvalue weighted by Crippen LogP contribution is 2.49. The molecule has 1 aromatic heterocycles. The van der Waals surface area contributed by atoms with Gasteiger partial charge in [-0.05, 0) is 38.2 Å². The summed E-state index contributed by atoms with van der Waals surface area (Å²) in [5.74, 6) is -0.246. The smallest absolute Gasteiger partial charge is 0.334 e. The first-order valence-corrected chi connectivity index (χ1v) is 10.7. The Balaban J connectivity index is 1.29. The Hall–Kier alpha value is -2.73. The van der Waals surface area contributed by atoms with E-state index in [1.54, 1.807) is 0 Å². The minimum atomic E-state index is -0.269. The van der Waals surface area contributed by atoms with Gasteiger partial charge in [-0.3, -0.25) is 0 Å². The number of hydrogen-bond acceptors (Lipinski definition) is 5. The summed E-state index contributed by atoms with van der Waals surface area (Å²) in [6.07, 6.45) is 8.50. The lowest BCUT2D eigenvalue weighted by Crippen LogP contribution is -2.29. The van der Waals surface area contributed by atoms with Crippen molar-refractivity contribution in [1.82, 2.24) is 15.0 Å². The second-order valence-corrected chi connectivity index (χ2v) is 8.86. The van der Waals surface area contributed by atoms with Gasteiger partial charge >= 0.3 is 5.97 Å². The Labute approximate surface area is 176 Å². The molecule has 0 bridgehead atoms. The van der Waals surface area contributed by atoms with Crippen molar-refractivity contribution >= 4 is 5.97 Å². The Morgan fingerprint density at radius 3 is 2.97 bits per heavy atom. The number of fused-ring (bicyclic) bond motifs is 3. The number of carbonyl (C=O) groups excluding carboxylic acids is 1. The van der Waals surface area contributed by atoms with Crippen molar-refractivity contribution in [2.75, 3.05) is 0 Å². The van der Waals surface area contributed by atoms with E-state index in [0.29, 0.717) is 12.1 Å². The Bertz CT molecular complexity index is 996. The third kappa shape index (κ3) is 3.72. The van der Waals surface area contributed by atoms with Crippen LogP contribution < -0.4 is 0 Å². The van der Waals surface area contributed by atoms with E-state index < -0.39 is 0 Å². The van der Waals surface area contributed by atoms with Gasteiger partial charge in [0.15, 0.2) is 0 Å². The maximum Gasteiger partial charge on any atom is 0.334 e. The van der Waals surface area contributed by atoms with Gasteiger partial charge in [-0.25, -0.2) is 9.48 Å². The predicted molar refractivity (Wildman–Crippen MR) is 112 cm³/mol. The number of rotatable bonds is 4. The van der Waals surface area contributed by atoms with Crippen molar-refractivity contribution in [2.45, 2.75) is 63.4 Å². The molecule has 0 saturated carbocycles. The molecule has 2 aliphatic heterocycles. The Morgan fingerprint density at radius 1 is 1.30 bits per heavy atom. The average molecular weight is 405 g/mol. The Kier molecular flexibility index (Phi) is 4.82. The highest BCUT2D eigenvalue weighted by molar-refractivity contribution is 5.91. The molecule has 3 heterocycles. The molecule has 30 heavy (non-hydrogen) atoms. The maximum absolute atomic E-state index is 12.1. The highest BCUT2D eigenvalue weighted by atomic mass is 16.6. The van der Waals surface area contributed by atoms with Crippen LogP contribution in [0, 0.1) is 5.92 Å². The van der Waals surface area contributed by atoms with Crippen LogP contribution in [0.3, 0.4) is 0 Å². The van der Waals surface area contributed by atoms with E-state index in [1.165, 1.54) is 11.1 Å². The van der Waals surface area contributed by atoms with Gasteiger partial charge in [-0.15, -0.1) is 5.10 Å². The van der Waals surface area contributed by atoms with Crippen molar-refractivity contribution in [1.29, 1.82) is 0 Å². The molecular formula is C24H27N3O3. The number of benzene rings is 1. The minimum absolute atomic E-state index is 0.00323. The minimum Gasteiger partial charge on any atom is -0.455 e. The summed E-state index contributed by atoms with van der Waals surface area (Å²) in [4.78, 5) is 12.1. The summed E-state index contributed by atoms with van der Waals surface area (Å²) in [7, 11) is 0. The molecule has 2 fully saturated rings. The Morgan fingerprint density at radius 2 is 2.13 bits per heavy atom. The van der Waals surface area contributed by atoms with E-state index in [0.717, 1.165) is 37.8 Å². The molecule has 6 nitrogen and oxygen atoms in total. The number of hydrogen-bond donors (Lipinski definition) is 0. The molecule has 2 aromatic rings. The summed E-state index contributed by atoms with van der Waals surface area (Å²) < 4.78 is 13.5. The molecule has 2 saturated heterocycles. The molecule has 0 radical (unpaired) electrons. The van der Waals surface area contributed by atoms with E-state index in [-0.39, 0.29) is 29.7 Å². The number of ether oxygens (including phenoxy) is 2. The quantitative estimate of drug-likeness (QED) is 0.336. The van der Waals surface area contributed by atoms with E-state index in [1.807, 2.05) is 29.1 Å². The molecule has 5 rings (SSSR count). The van der Waals surface area contributed by atoms with Crippen LogP contribution >= 0.6 is 0 Å². The fourth-order valence-electron chi connectivity index (χ4n) is 4.77. The largest absolute Gasteiger partial charge is 0.455 e. The monoisotopic (exact) mass is 405 g/mol. The first-order chi connectivity index (χ1) is 14.5.